The highest BCUT2D eigenvalue weighted by molar-refractivity contribution is 5.96. The number of hydrogen-bond donors (Lipinski definition) is 1. The van der Waals surface area contributed by atoms with Gasteiger partial charge in [-0.1, -0.05) is 24.3 Å². The van der Waals surface area contributed by atoms with Gasteiger partial charge in [-0.05, 0) is 39.0 Å². The van der Waals surface area contributed by atoms with E-state index < -0.39 is 5.72 Å². The summed E-state index contributed by atoms with van der Waals surface area (Å²) < 4.78 is 17.9. The van der Waals surface area contributed by atoms with E-state index in [0.717, 1.165) is 5.56 Å². The smallest absolute Gasteiger partial charge is 0.325 e. The van der Waals surface area contributed by atoms with Crippen LogP contribution in [0.2, 0.25) is 0 Å². The summed E-state index contributed by atoms with van der Waals surface area (Å²) in [5, 5.41) is 3.11. The maximum Gasteiger partial charge on any atom is 0.325 e. The number of fused-ring (bicyclic) bond motifs is 4. The third kappa shape index (κ3) is 2.85. The molecule has 2 aliphatic rings. The van der Waals surface area contributed by atoms with Crippen LogP contribution in [0.5, 0.6) is 17.2 Å². The van der Waals surface area contributed by atoms with Crippen molar-refractivity contribution >= 4 is 11.7 Å². The fourth-order valence-electron chi connectivity index (χ4n) is 3.91. The van der Waals surface area contributed by atoms with Gasteiger partial charge in [0.25, 0.3) is 0 Å². The van der Waals surface area contributed by atoms with Crippen molar-refractivity contribution in [2.45, 2.75) is 39.0 Å². The van der Waals surface area contributed by atoms with Crippen LogP contribution in [-0.4, -0.2) is 25.0 Å². The molecule has 142 valence electrons. The molecule has 2 unspecified atom stereocenters. The lowest BCUT2D eigenvalue weighted by Gasteiger charge is -2.50. The first-order valence-corrected chi connectivity index (χ1v) is 9.34. The zero-order valence-electron chi connectivity index (χ0n) is 15.8. The fraction of sp³-hybridized carbons (Fsp3) is 0.381. The number of benzene rings is 2. The van der Waals surface area contributed by atoms with Crippen LogP contribution < -0.4 is 24.4 Å². The molecule has 4 rings (SSSR count). The first-order chi connectivity index (χ1) is 13.1. The molecule has 1 fully saturated rings. The Morgan fingerprint density at radius 1 is 1.11 bits per heavy atom. The third-order valence-electron chi connectivity index (χ3n) is 4.97. The van der Waals surface area contributed by atoms with Gasteiger partial charge < -0.3 is 19.5 Å². The largest absolute Gasteiger partial charge is 0.492 e. The normalized spacial score (nSPS) is 23.1. The van der Waals surface area contributed by atoms with E-state index in [4.69, 9.17) is 14.2 Å². The van der Waals surface area contributed by atoms with E-state index >= 15 is 0 Å². The standard InChI is InChI=1S/C21H24N2O4/c1-4-25-17-11-7-6-10-16(17)23-20(24)22-15-13-21(23,3)27-19-14(15)9-8-12-18(19)26-5-2/h6-12,15H,4-5,13H2,1-3H3,(H,22,24). The summed E-state index contributed by atoms with van der Waals surface area (Å²) >= 11 is 0. The Kier molecular flexibility index (Phi) is 4.34. The second-order valence-corrected chi connectivity index (χ2v) is 6.83. The Balaban J connectivity index is 1.80. The van der Waals surface area contributed by atoms with Crippen LogP contribution in [0, 0.1) is 0 Å². The van der Waals surface area contributed by atoms with Gasteiger partial charge in [0.05, 0.1) is 24.9 Å². The molecular weight excluding hydrogens is 344 g/mol. The van der Waals surface area contributed by atoms with Crippen molar-refractivity contribution in [2.24, 2.45) is 0 Å². The van der Waals surface area contributed by atoms with E-state index in [0.29, 0.717) is 42.6 Å². The van der Waals surface area contributed by atoms with E-state index in [1.54, 1.807) is 4.90 Å². The number of para-hydroxylation sites is 3. The predicted molar refractivity (Wildman–Crippen MR) is 103 cm³/mol. The Bertz CT molecular complexity index is 869. The van der Waals surface area contributed by atoms with Crippen LogP contribution in [0.3, 0.4) is 0 Å². The van der Waals surface area contributed by atoms with Crippen LogP contribution in [0.15, 0.2) is 42.5 Å². The number of urea groups is 1. The second kappa shape index (κ2) is 6.68. The van der Waals surface area contributed by atoms with Crippen LogP contribution in [0.1, 0.15) is 38.8 Å². The van der Waals surface area contributed by atoms with Crippen molar-refractivity contribution in [3.05, 3.63) is 48.0 Å². The molecule has 2 heterocycles. The van der Waals surface area contributed by atoms with Gasteiger partial charge >= 0.3 is 6.03 Å². The molecule has 0 spiro atoms. The second-order valence-electron chi connectivity index (χ2n) is 6.83. The van der Waals surface area contributed by atoms with Gasteiger partial charge in [0.2, 0.25) is 0 Å². The Morgan fingerprint density at radius 3 is 2.59 bits per heavy atom. The maximum atomic E-state index is 13.0. The van der Waals surface area contributed by atoms with Crippen molar-refractivity contribution in [1.82, 2.24) is 5.32 Å². The van der Waals surface area contributed by atoms with Crippen LogP contribution in [0.4, 0.5) is 10.5 Å². The maximum absolute atomic E-state index is 13.0. The number of rotatable bonds is 5. The van der Waals surface area contributed by atoms with Crippen molar-refractivity contribution in [2.75, 3.05) is 18.1 Å². The lowest BCUT2D eigenvalue weighted by molar-refractivity contribution is 0.0339. The molecule has 0 saturated carbocycles. The zero-order chi connectivity index (χ0) is 19.0. The number of carbonyl (C=O) groups excluding carboxylic acids is 1. The Hall–Kier alpha value is -2.89. The monoisotopic (exact) mass is 368 g/mol. The number of anilines is 1. The molecule has 0 radical (unpaired) electrons. The Morgan fingerprint density at radius 2 is 1.81 bits per heavy atom. The first-order valence-electron chi connectivity index (χ1n) is 9.34. The SMILES string of the molecule is CCOc1ccccc1N1C(=O)NC2CC1(C)Oc1c(OCC)cccc12. The minimum absolute atomic E-state index is 0.123. The molecule has 6 nitrogen and oxygen atoms in total. The molecule has 2 aliphatic heterocycles. The molecule has 2 aromatic rings. The highest BCUT2D eigenvalue weighted by Gasteiger charge is 2.51. The van der Waals surface area contributed by atoms with Crippen LogP contribution in [0.25, 0.3) is 0 Å². The van der Waals surface area contributed by atoms with Gasteiger partial charge in [0.1, 0.15) is 5.75 Å². The number of amides is 2. The molecule has 27 heavy (non-hydrogen) atoms. The number of nitrogens with one attached hydrogen (secondary N) is 1. The summed E-state index contributed by atoms with van der Waals surface area (Å²) in [6.07, 6.45) is 0.627. The molecule has 2 atom stereocenters. The molecule has 0 aromatic heterocycles. The molecule has 1 saturated heterocycles. The Labute approximate surface area is 159 Å². The minimum atomic E-state index is -0.847. The van der Waals surface area contributed by atoms with Crippen molar-refractivity contribution in [3.63, 3.8) is 0 Å². The van der Waals surface area contributed by atoms with Gasteiger partial charge in [0.15, 0.2) is 17.2 Å². The van der Waals surface area contributed by atoms with Crippen LogP contribution >= 0.6 is 0 Å². The lowest BCUT2D eigenvalue weighted by Crippen LogP contribution is -2.65. The number of carbonyl (C=O) groups is 1. The molecule has 0 aliphatic carbocycles. The number of hydrogen-bond acceptors (Lipinski definition) is 4. The lowest BCUT2D eigenvalue weighted by atomic mass is 9.90. The summed E-state index contributed by atoms with van der Waals surface area (Å²) in [4.78, 5) is 14.7. The van der Waals surface area contributed by atoms with Crippen LogP contribution in [-0.2, 0) is 0 Å². The van der Waals surface area contributed by atoms with Gasteiger partial charge in [-0.25, -0.2) is 4.79 Å². The minimum Gasteiger partial charge on any atom is -0.492 e. The average Bonchev–Trinajstić information content (AvgIpc) is 2.64. The van der Waals surface area contributed by atoms with Gasteiger partial charge in [-0.2, -0.15) is 0 Å². The molecule has 1 N–H and O–H groups in total. The summed E-state index contributed by atoms with van der Waals surface area (Å²) in [5.74, 6) is 2.04. The summed E-state index contributed by atoms with van der Waals surface area (Å²) in [5.41, 5.74) is 0.792. The zero-order valence-corrected chi connectivity index (χ0v) is 15.8. The molecule has 2 bridgehead atoms. The van der Waals surface area contributed by atoms with Gasteiger partial charge in [-0.15, -0.1) is 0 Å². The van der Waals surface area contributed by atoms with Crippen molar-refractivity contribution in [1.29, 1.82) is 0 Å². The summed E-state index contributed by atoms with van der Waals surface area (Å²) in [7, 11) is 0. The molecule has 6 heteroatoms. The quantitative estimate of drug-likeness (QED) is 0.857. The number of ether oxygens (including phenoxy) is 3. The fourth-order valence-corrected chi connectivity index (χ4v) is 3.91. The van der Waals surface area contributed by atoms with Gasteiger partial charge in [-0.3, -0.25) is 4.90 Å². The third-order valence-corrected chi connectivity index (χ3v) is 4.97. The predicted octanol–water partition coefficient (Wildman–Crippen LogP) is 4.25. The summed E-state index contributed by atoms with van der Waals surface area (Å²) in [6.45, 7) is 6.87. The van der Waals surface area contributed by atoms with Crippen molar-refractivity contribution in [3.8, 4) is 17.2 Å². The van der Waals surface area contributed by atoms with E-state index in [2.05, 4.69) is 5.32 Å². The van der Waals surface area contributed by atoms with Gasteiger partial charge in [0, 0.05) is 12.0 Å². The summed E-state index contributed by atoms with van der Waals surface area (Å²) in [6, 6.07) is 13.0. The molecular formula is C21H24N2O4. The van der Waals surface area contributed by atoms with Crippen molar-refractivity contribution < 1.29 is 19.0 Å². The molecule has 2 amide bonds. The average molecular weight is 368 g/mol. The van der Waals surface area contributed by atoms with E-state index in [9.17, 15) is 4.79 Å². The van der Waals surface area contributed by atoms with E-state index in [1.807, 2.05) is 63.2 Å². The highest BCUT2D eigenvalue weighted by Crippen LogP contribution is 2.50. The number of nitrogens with zero attached hydrogens (tertiary/aromatic N) is 1. The first kappa shape index (κ1) is 17.5. The highest BCUT2D eigenvalue weighted by atomic mass is 16.5. The molecule has 2 aromatic carbocycles. The van der Waals surface area contributed by atoms with E-state index in [1.165, 1.54) is 0 Å². The topological polar surface area (TPSA) is 60.0 Å². The van der Waals surface area contributed by atoms with E-state index in [-0.39, 0.29) is 12.1 Å².